The SMILES string of the molecule is C=CCCOC(=O)[C@H]1[C@H]2C(=O)N(CCO)C(C(=O)N(CC=C)C3CCCCC3)C23CC(C)[C@]1(C)O3. The minimum atomic E-state index is -1.12. The number of hydrogen-bond donors (Lipinski definition) is 1. The van der Waals surface area contributed by atoms with E-state index in [0.717, 1.165) is 32.1 Å². The average Bonchev–Trinajstić information content (AvgIpc) is 3.35. The van der Waals surface area contributed by atoms with Crippen LogP contribution in [0, 0.1) is 17.8 Å². The van der Waals surface area contributed by atoms with Crippen molar-refractivity contribution in [3.63, 3.8) is 0 Å². The van der Waals surface area contributed by atoms with E-state index in [1.54, 1.807) is 12.2 Å². The predicted molar refractivity (Wildman–Crippen MR) is 130 cm³/mol. The molecule has 3 heterocycles. The molecule has 194 valence electrons. The fourth-order valence-electron chi connectivity index (χ4n) is 7.17. The highest BCUT2D eigenvalue weighted by Gasteiger charge is 2.80. The van der Waals surface area contributed by atoms with Crippen LogP contribution in [0.3, 0.4) is 0 Å². The van der Waals surface area contributed by atoms with Gasteiger partial charge in [0.05, 0.1) is 24.7 Å². The van der Waals surface area contributed by atoms with Crippen molar-refractivity contribution in [3.05, 3.63) is 25.3 Å². The van der Waals surface area contributed by atoms with Gasteiger partial charge >= 0.3 is 5.97 Å². The predicted octanol–water partition coefficient (Wildman–Crippen LogP) is 2.46. The maximum atomic E-state index is 14.3. The summed E-state index contributed by atoms with van der Waals surface area (Å²) >= 11 is 0. The molecule has 1 saturated carbocycles. The summed E-state index contributed by atoms with van der Waals surface area (Å²) in [7, 11) is 0. The molecule has 4 aliphatic rings. The lowest BCUT2D eigenvalue weighted by Crippen LogP contribution is -2.58. The molecular weight excluding hydrogens is 448 g/mol. The topological polar surface area (TPSA) is 96.4 Å². The number of rotatable bonds is 10. The molecule has 1 spiro atoms. The molecular formula is C27H40N2O6. The summed E-state index contributed by atoms with van der Waals surface area (Å²) in [5.41, 5.74) is -2.02. The van der Waals surface area contributed by atoms with Gasteiger partial charge in [-0.2, -0.15) is 0 Å². The Labute approximate surface area is 208 Å². The molecule has 3 saturated heterocycles. The molecule has 4 rings (SSSR count). The van der Waals surface area contributed by atoms with Crippen molar-refractivity contribution in [1.29, 1.82) is 0 Å². The van der Waals surface area contributed by atoms with E-state index in [9.17, 15) is 19.5 Å². The van der Waals surface area contributed by atoms with Crippen molar-refractivity contribution in [2.45, 2.75) is 82.1 Å². The van der Waals surface area contributed by atoms with Crippen LogP contribution < -0.4 is 0 Å². The number of ether oxygens (including phenoxy) is 2. The summed E-state index contributed by atoms with van der Waals surface area (Å²) in [6, 6.07) is -0.800. The van der Waals surface area contributed by atoms with Gasteiger partial charge in [0.1, 0.15) is 17.6 Å². The number of esters is 1. The molecule has 0 aromatic heterocycles. The van der Waals surface area contributed by atoms with E-state index in [1.807, 2.05) is 18.7 Å². The number of nitrogens with zero attached hydrogens (tertiary/aromatic N) is 2. The molecule has 2 bridgehead atoms. The number of likely N-dealkylation sites (tertiary alicyclic amines) is 1. The maximum Gasteiger partial charge on any atom is 0.312 e. The maximum absolute atomic E-state index is 14.3. The Morgan fingerprint density at radius 1 is 1.26 bits per heavy atom. The summed E-state index contributed by atoms with van der Waals surface area (Å²) in [6.07, 6.45) is 9.55. The van der Waals surface area contributed by atoms with Gasteiger partial charge in [0, 0.05) is 19.1 Å². The standard InChI is InChI=1S/C27H40N2O6/c1-5-7-16-34-25(33)21-20-23(31)29(14-15-30)22(27(20)17-18(3)26(21,4)35-27)24(32)28(13-6-2)19-11-9-8-10-12-19/h5-6,18-22,30H,1-2,7-17H2,3-4H3/t18?,20-,21+,22?,26-,27?/m0/s1. The molecule has 2 amide bonds. The van der Waals surface area contributed by atoms with Crippen molar-refractivity contribution < 1.29 is 29.0 Å². The van der Waals surface area contributed by atoms with Crippen molar-refractivity contribution >= 4 is 17.8 Å². The van der Waals surface area contributed by atoms with Gasteiger partial charge in [-0.05, 0) is 38.5 Å². The van der Waals surface area contributed by atoms with Crippen LogP contribution >= 0.6 is 0 Å². The summed E-state index contributed by atoms with van der Waals surface area (Å²) in [4.78, 5) is 44.8. The molecule has 8 heteroatoms. The second kappa shape index (κ2) is 10.1. The van der Waals surface area contributed by atoms with Crippen LogP contribution in [0.15, 0.2) is 25.3 Å². The van der Waals surface area contributed by atoms with Gasteiger partial charge in [0.2, 0.25) is 11.8 Å². The lowest BCUT2D eigenvalue weighted by atomic mass is 9.62. The first kappa shape index (κ1) is 25.9. The molecule has 1 aliphatic carbocycles. The Morgan fingerprint density at radius 2 is 1.97 bits per heavy atom. The molecule has 4 fully saturated rings. The third-order valence-electron chi connectivity index (χ3n) is 8.83. The summed E-state index contributed by atoms with van der Waals surface area (Å²) in [6.45, 7) is 11.7. The zero-order valence-corrected chi connectivity index (χ0v) is 21.1. The highest BCUT2D eigenvalue weighted by molar-refractivity contribution is 5.98. The van der Waals surface area contributed by atoms with E-state index in [2.05, 4.69) is 13.2 Å². The second-order valence-electron chi connectivity index (χ2n) is 10.8. The van der Waals surface area contributed by atoms with E-state index in [-0.39, 0.29) is 43.5 Å². The molecule has 8 nitrogen and oxygen atoms in total. The van der Waals surface area contributed by atoms with Crippen LogP contribution in [0.2, 0.25) is 0 Å². The lowest BCUT2D eigenvalue weighted by molar-refractivity contribution is -0.162. The van der Waals surface area contributed by atoms with Gasteiger partial charge in [0.15, 0.2) is 0 Å². The number of aliphatic hydroxyl groups is 1. The minimum absolute atomic E-state index is 0.0206. The quantitative estimate of drug-likeness (QED) is 0.288. The summed E-state index contributed by atoms with van der Waals surface area (Å²) in [5.74, 6) is -2.59. The van der Waals surface area contributed by atoms with Crippen molar-refractivity contribution in [2.24, 2.45) is 17.8 Å². The largest absolute Gasteiger partial charge is 0.465 e. The van der Waals surface area contributed by atoms with Gasteiger partial charge in [0.25, 0.3) is 0 Å². The number of carbonyl (C=O) groups excluding carboxylic acids is 3. The third-order valence-corrected chi connectivity index (χ3v) is 8.83. The Hall–Kier alpha value is -2.19. The molecule has 35 heavy (non-hydrogen) atoms. The lowest BCUT2D eigenvalue weighted by Gasteiger charge is -2.40. The van der Waals surface area contributed by atoms with Gasteiger partial charge in [-0.15, -0.1) is 13.2 Å². The monoisotopic (exact) mass is 488 g/mol. The highest BCUT2D eigenvalue weighted by atomic mass is 16.6. The van der Waals surface area contributed by atoms with Gasteiger partial charge in [-0.25, -0.2) is 0 Å². The molecule has 1 N–H and O–H groups in total. The second-order valence-corrected chi connectivity index (χ2v) is 10.8. The average molecular weight is 489 g/mol. The van der Waals surface area contributed by atoms with Crippen LogP contribution in [0.1, 0.15) is 58.8 Å². The van der Waals surface area contributed by atoms with Crippen LogP contribution in [0.4, 0.5) is 0 Å². The Kier molecular flexibility index (Phi) is 7.44. The molecule has 0 aromatic carbocycles. The van der Waals surface area contributed by atoms with Crippen LogP contribution in [0.25, 0.3) is 0 Å². The van der Waals surface area contributed by atoms with Gasteiger partial charge < -0.3 is 24.4 Å². The van der Waals surface area contributed by atoms with Crippen molar-refractivity contribution in [1.82, 2.24) is 9.80 Å². The van der Waals surface area contributed by atoms with E-state index in [0.29, 0.717) is 19.4 Å². The van der Waals surface area contributed by atoms with E-state index < -0.39 is 35.0 Å². The van der Waals surface area contributed by atoms with Crippen LogP contribution in [0.5, 0.6) is 0 Å². The Bertz CT molecular complexity index is 870. The first-order valence-corrected chi connectivity index (χ1v) is 13.1. The molecule has 3 unspecified atom stereocenters. The molecule has 0 radical (unpaired) electrons. The molecule has 3 aliphatic heterocycles. The number of hydrogen-bond acceptors (Lipinski definition) is 6. The van der Waals surface area contributed by atoms with Gasteiger partial charge in [-0.1, -0.05) is 38.3 Å². The zero-order valence-electron chi connectivity index (χ0n) is 21.1. The highest BCUT2D eigenvalue weighted by Crippen LogP contribution is 2.65. The molecule has 0 aromatic rings. The number of aliphatic hydroxyl groups excluding tert-OH is 1. The number of amides is 2. The minimum Gasteiger partial charge on any atom is -0.465 e. The first-order chi connectivity index (χ1) is 16.8. The normalized spacial score (nSPS) is 36.2. The van der Waals surface area contributed by atoms with E-state index in [1.165, 1.54) is 4.90 Å². The summed E-state index contributed by atoms with van der Waals surface area (Å²) < 4.78 is 12.2. The zero-order chi connectivity index (χ0) is 25.4. The van der Waals surface area contributed by atoms with Crippen LogP contribution in [-0.4, -0.2) is 82.3 Å². The molecule has 6 atom stereocenters. The van der Waals surface area contributed by atoms with Crippen molar-refractivity contribution in [2.75, 3.05) is 26.3 Å². The smallest absolute Gasteiger partial charge is 0.312 e. The van der Waals surface area contributed by atoms with Gasteiger partial charge in [-0.3, -0.25) is 14.4 Å². The van der Waals surface area contributed by atoms with Crippen molar-refractivity contribution in [3.8, 4) is 0 Å². The first-order valence-electron chi connectivity index (χ1n) is 13.1. The number of carbonyl (C=O) groups is 3. The van der Waals surface area contributed by atoms with Crippen LogP contribution in [-0.2, 0) is 23.9 Å². The Balaban J connectivity index is 1.73. The van der Waals surface area contributed by atoms with E-state index >= 15 is 0 Å². The fraction of sp³-hybridized carbons (Fsp3) is 0.741. The van der Waals surface area contributed by atoms with E-state index in [4.69, 9.17) is 9.47 Å². The Morgan fingerprint density at radius 3 is 2.60 bits per heavy atom. The fourth-order valence-corrected chi connectivity index (χ4v) is 7.17. The number of fused-ring (bicyclic) bond motifs is 1. The summed E-state index contributed by atoms with van der Waals surface area (Å²) in [5, 5.41) is 9.81. The third kappa shape index (κ3) is 4.02. The number of β-amino-alcohol motifs (C(OH)–C–C–N with tert-alkyl or cyclic N) is 1.